The van der Waals surface area contributed by atoms with Crippen molar-refractivity contribution in [3.63, 3.8) is 0 Å². The van der Waals surface area contributed by atoms with Crippen molar-refractivity contribution in [2.24, 2.45) is 11.8 Å². The van der Waals surface area contributed by atoms with Gasteiger partial charge in [0.15, 0.2) is 0 Å². The Morgan fingerprint density at radius 3 is 2.04 bits per heavy atom. The second kappa shape index (κ2) is 12.8. The largest absolute Gasteiger partial charge is 0.371 e. The highest BCUT2D eigenvalue weighted by atomic mass is 16.1. The molecule has 0 aromatic carbocycles. The zero-order valence-corrected chi connectivity index (χ0v) is 16.7. The van der Waals surface area contributed by atoms with Crippen LogP contribution in [0.3, 0.4) is 0 Å². The van der Waals surface area contributed by atoms with Crippen LogP contribution in [-0.4, -0.2) is 23.1 Å². The van der Waals surface area contributed by atoms with Crippen LogP contribution in [-0.2, 0) is 0 Å². The molecule has 0 aliphatic heterocycles. The third kappa shape index (κ3) is 8.94. The molecule has 0 radical (unpaired) electrons. The number of aromatic nitrogens is 2. The summed E-state index contributed by atoms with van der Waals surface area (Å²) >= 11 is 0. The van der Waals surface area contributed by atoms with Crippen molar-refractivity contribution in [1.29, 1.82) is 0 Å². The van der Waals surface area contributed by atoms with Gasteiger partial charge in [0.25, 0.3) is 0 Å². The lowest BCUT2D eigenvalue weighted by Crippen LogP contribution is -2.21. The van der Waals surface area contributed by atoms with E-state index >= 15 is 0 Å². The molecule has 0 spiro atoms. The topological polar surface area (TPSA) is 69.8 Å². The summed E-state index contributed by atoms with van der Waals surface area (Å²) in [4.78, 5) is 18.7. The highest BCUT2D eigenvalue weighted by molar-refractivity contribution is 5.46. The maximum atomic E-state index is 11.8. The van der Waals surface area contributed by atoms with Gasteiger partial charge in [-0.2, -0.15) is 4.98 Å². The fourth-order valence-corrected chi connectivity index (χ4v) is 3.03. The average molecular weight is 351 g/mol. The summed E-state index contributed by atoms with van der Waals surface area (Å²) < 4.78 is 0. The van der Waals surface area contributed by atoms with Crippen molar-refractivity contribution in [1.82, 2.24) is 9.97 Å². The fourth-order valence-electron chi connectivity index (χ4n) is 3.03. The fraction of sp³-hybridized carbons (Fsp3) is 0.800. The summed E-state index contributed by atoms with van der Waals surface area (Å²) in [7, 11) is 0. The van der Waals surface area contributed by atoms with Crippen LogP contribution in [0.4, 0.5) is 11.6 Å². The Kier molecular flexibility index (Phi) is 11.0. The monoisotopic (exact) mass is 350 g/mol. The Balaban J connectivity index is 2.58. The number of hydrogen-bond acceptors (Lipinski definition) is 4. The summed E-state index contributed by atoms with van der Waals surface area (Å²) in [5, 5.41) is 6.74. The van der Waals surface area contributed by atoms with Crippen molar-refractivity contribution >= 4 is 11.6 Å². The van der Waals surface area contributed by atoms with Gasteiger partial charge in [-0.1, -0.05) is 66.2 Å². The minimum Gasteiger partial charge on any atom is -0.371 e. The molecule has 1 aromatic heterocycles. The summed E-state index contributed by atoms with van der Waals surface area (Å²) in [6.07, 6.45) is 9.74. The van der Waals surface area contributed by atoms with Crippen LogP contribution < -0.4 is 16.3 Å². The zero-order chi connectivity index (χ0) is 18.5. The number of H-pyrrole nitrogens is 1. The molecule has 25 heavy (non-hydrogen) atoms. The van der Waals surface area contributed by atoms with E-state index < -0.39 is 0 Å². The summed E-state index contributed by atoms with van der Waals surface area (Å²) in [5.41, 5.74) is -0.296. The van der Waals surface area contributed by atoms with Gasteiger partial charge in [-0.15, -0.1) is 0 Å². The van der Waals surface area contributed by atoms with Crippen LogP contribution in [0.1, 0.15) is 79.1 Å². The molecule has 0 bridgehead atoms. The van der Waals surface area contributed by atoms with E-state index in [1.165, 1.54) is 38.5 Å². The van der Waals surface area contributed by atoms with Crippen molar-refractivity contribution < 1.29 is 0 Å². The molecule has 0 saturated heterocycles. The molecule has 5 nitrogen and oxygen atoms in total. The smallest absolute Gasteiger partial charge is 0.348 e. The first-order chi connectivity index (χ1) is 12.1. The van der Waals surface area contributed by atoms with Gasteiger partial charge in [-0.3, -0.25) is 4.98 Å². The molecule has 144 valence electrons. The van der Waals surface area contributed by atoms with E-state index in [1.807, 2.05) is 6.07 Å². The van der Waals surface area contributed by atoms with E-state index in [1.54, 1.807) is 0 Å². The van der Waals surface area contributed by atoms with E-state index in [0.717, 1.165) is 31.7 Å². The first-order valence-corrected chi connectivity index (χ1v) is 10.2. The molecule has 1 heterocycles. The number of aromatic amines is 1. The maximum absolute atomic E-state index is 11.8. The Labute approximate surface area is 153 Å². The normalized spacial score (nSPS) is 13.4. The summed E-state index contributed by atoms with van der Waals surface area (Å²) in [5.74, 6) is 2.71. The van der Waals surface area contributed by atoms with Gasteiger partial charge in [0, 0.05) is 19.2 Å². The van der Waals surface area contributed by atoms with Crippen LogP contribution in [0.25, 0.3) is 0 Å². The van der Waals surface area contributed by atoms with E-state index in [2.05, 4.69) is 48.3 Å². The van der Waals surface area contributed by atoms with Crippen molar-refractivity contribution in [2.45, 2.75) is 79.1 Å². The van der Waals surface area contributed by atoms with Gasteiger partial charge >= 0.3 is 5.69 Å². The van der Waals surface area contributed by atoms with Crippen molar-refractivity contribution in [2.75, 3.05) is 23.7 Å². The SMILES string of the molecule is CCCCC(CC)CNc1cc(NCC(CC)CCCC)[nH]c(=O)n1. The second-order valence-corrected chi connectivity index (χ2v) is 7.08. The first kappa shape index (κ1) is 21.5. The molecule has 2 atom stereocenters. The molecule has 3 N–H and O–H groups in total. The van der Waals surface area contributed by atoms with Gasteiger partial charge in [0.1, 0.15) is 11.6 Å². The van der Waals surface area contributed by atoms with E-state index in [0.29, 0.717) is 17.7 Å². The minimum absolute atomic E-state index is 0.296. The molecule has 0 aliphatic carbocycles. The highest BCUT2D eigenvalue weighted by Gasteiger charge is 2.09. The van der Waals surface area contributed by atoms with Gasteiger partial charge < -0.3 is 10.6 Å². The summed E-state index contributed by atoms with van der Waals surface area (Å²) in [6, 6.07) is 1.92. The number of nitrogens with one attached hydrogen (secondary N) is 3. The van der Waals surface area contributed by atoms with Gasteiger partial charge in [0.2, 0.25) is 0 Å². The molecule has 1 aromatic rings. The standard InChI is InChI=1S/C20H38N4O/c1-5-9-11-16(7-3)14-21-18-13-19(24-20(25)23-18)22-15-17(8-4)12-10-6-2/h13,16-17H,5-12,14-15H2,1-4H3,(H3,21,22,23,24,25). The number of unbranched alkanes of at least 4 members (excludes halogenated alkanes) is 2. The predicted octanol–water partition coefficient (Wildman–Crippen LogP) is 5.03. The number of hydrogen-bond donors (Lipinski definition) is 3. The first-order valence-electron chi connectivity index (χ1n) is 10.2. The minimum atomic E-state index is -0.296. The van der Waals surface area contributed by atoms with Crippen molar-refractivity contribution in [3.05, 3.63) is 16.6 Å². The average Bonchev–Trinajstić information content (AvgIpc) is 2.61. The Bertz CT molecular complexity index is 473. The van der Waals surface area contributed by atoms with E-state index in [-0.39, 0.29) is 5.69 Å². The quantitative estimate of drug-likeness (QED) is 0.440. The Hall–Kier alpha value is -1.52. The number of nitrogens with zero attached hydrogens (tertiary/aromatic N) is 1. The van der Waals surface area contributed by atoms with Gasteiger partial charge in [-0.05, 0) is 24.7 Å². The third-order valence-electron chi connectivity index (χ3n) is 4.98. The molecule has 0 aliphatic rings. The Morgan fingerprint density at radius 2 is 1.52 bits per heavy atom. The van der Waals surface area contributed by atoms with Crippen molar-refractivity contribution in [3.8, 4) is 0 Å². The summed E-state index contributed by atoms with van der Waals surface area (Å²) in [6.45, 7) is 10.7. The third-order valence-corrected chi connectivity index (χ3v) is 4.98. The molecule has 1 rings (SSSR count). The Morgan fingerprint density at radius 1 is 0.960 bits per heavy atom. The second-order valence-electron chi connectivity index (χ2n) is 7.08. The lowest BCUT2D eigenvalue weighted by atomic mass is 9.99. The molecular weight excluding hydrogens is 312 g/mol. The molecule has 0 amide bonds. The zero-order valence-electron chi connectivity index (χ0n) is 16.7. The van der Waals surface area contributed by atoms with E-state index in [9.17, 15) is 4.79 Å². The van der Waals surface area contributed by atoms with Crippen LogP contribution in [0.5, 0.6) is 0 Å². The molecule has 0 fully saturated rings. The molecule has 0 saturated carbocycles. The van der Waals surface area contributed by atoms with Gasteiger partial charge in [-0.25, -0.2) is 4.79 Å². The lowest BCUT2D eigenvalue weighted by molar-refractivity contribution is 0.471. The molecule has 2 unspecified atom stereocenters. The van der Waals surface area contributed by atoms with Crippen LogP contribution >= 0.6 is 0 Å². The molecular formula is C20H38N4O. The highest BCUT2D eigenvalue weighted by Crippen LogP contribution is 2.16. The van der Waals surface area contributed by atoms with Crippen LogP contribution in [0.15, 0.2) is 10.9 Å². The number of anilines is 2. The maximum Gasteiger partial charge on any atom is 0.348 e. The number of rotatable bonds is 14. The molecule has 5 heteroatoms. The lowest BCUT2D eigenvalue weighted by Gasteiger charge is -2.17. The van der Waals surface area contributed by atoms with Crippen LogP contribution in [0.2, 0.25) is 0 Å². The van der Waals surface area contributed by atoms with Crippen LogP contribution in [0, 0.1) is 11.8 Å². The predicted molar refractivity (Wildman–Crippen MR) is 108 cm³/mol. The van der Waals surface area contributed by atoms with Gasteiger partial charge in [0.05, 0.1) is 0 Å². The van der Waals surface area contributed by atoms with E-state index in [4.69, 9.17) is 0 Å².